The predicted octanol–water partition coefficient (Wildman–Crippen LogP) is 3.47. The van der Waals surface area contributed by atoms with Crippen LogP contribution in [0.3, 0.4) is 0 Å². The van der Waals surface area contributed by atoms with Crippen molar-refractivity contribution in [1.29, 1.82) is 0 Å². The molecule has 0 bridgehead atoms. The van der Waals surface area contributed by atoms with Crippen molar-refractivity contribution in [2.45, 2.75) is 6.54 Å². The number of hydrogen-bond donors (Lipinski definition) is 1. The fraction of sp³-hybridized carbons (Fsp3) is 0.174. The topological polar surface area (TPSA) is 103 Å². The Morgan fingerprint density at radius 1 is 1.16 bits per heavy atom. The zero-order valence-electron chi connectivity index (χ0n) is 17.8. The Morgan fingerprint density at radius 3 is 2.53 bits per heavy atom. The van der Waals surface area contributed by atoms with Crippen molar-refractivity contribution < 1.29 is 14.3 Å². The van der Waals surface area contributed by atoms with E-state index in [0.29, 0.717) is 22.8 Å². The molecule has 3 heterocycles. The van der Waals surface area contributed by atoms with E-state index in [4.69, 9.17) is 10.5 Å². The van der Waals surface area contributed by atoms with Crippen LogP contribution in [0, 0.1) is 0 Å². The number of benzene rings is 1. The molecule has 0 saturated heterocycles. The van der Waals surface area contributed by atoms with Gasteiger partial charge in [0.2, 0.25) is 0 Å². The van der Waals surface area contributed by atoms with E-state index >= 15 is 0 Å². The van der Waals surface area contributed by atoms with E-state index in [9.17, 15) is 9.59 Å². The van der Waals surface area contributed by atoms with Crippen LogP contribution in [-0.4, -0.2) is 52.8 Å². The Hall–Kier alpha value is -3.94. The lowest BCUT2D eigenvalue weighted by atomic mass is 10.0. The monoisotopic (exact) mass is 447 g/mol. The minimum Gasteiger partial charge on any atom is -0.465 e. The summed E-state index contributed by atoms with van der Waals surface area (Å²) in [5, 5.41) is 5.14. The van der Waals surface area contributed by atoms with Crippen LogP contribution >= 0.6 is 11.3 Å². The molecule has 0 aliphatic carbocycles. The summed E-state index contributed by atoms with van der Waals surface area (Å²) in [6, 6.07) is 7.94. The summed E-state index contributed by atoms with van der Waals surface area (Å²) in [7, 11) is 4.93. The molecule has 0 spiro atoms. The van der Waals surface area contributed by atoms with E-state index in [1.165, 1.54) is 18.4 Å². The number of aromatic nitrogens is 3. The molecule has 0 unspecified atom stereocenters. The third-order valence-electron chi connectivity index (χ3n) is 5.14. The molecule has 4 aromatic rings. The molecule has 0 aliphatic rings. The number of carbonyl (C=O) groups excluding carboxylic acids is 2. The SMILES string of the molecule is COC(=O)c1sc2cncc(-c3ccc(-c4cnn(CC(=C=O)N(C)C)c4)cc3)c2c1N. The van der Waals surface area contributed by atoms with Crippen LogP contribution in [0.1, 0.15) is 9.67 Å². The van der Waals surface area contributed by atoms with Gasteiger partial charge in [0, 0.05) is 49.2 Å². The van der Waals surface area contributed by atoms with E-state index in [2.05, 4.69) is 10.1 Å². The van der Waals surface area contributed by atoms with Crippen molar-refractivity contribution in [3.05, 3.63) is 59.6 Å². The number of methoxy groups -OCH3 is 1. The number of esters is 1. The second kappa shape index (κ2) is 8.66. The number of allylic oxidation sites excluding steroid dienone is 1. The van der Waals surface area contributed by atoms with Gasteiger partial charge in [0.25, 0.3) is 0 Å². The number of hydrogen-bond acceptors (Lipinski definition) is 8. The molecule has 0 atom stereocenters. The summed E-state index contributed by atoms with van der Waals surface area (Å²) in [4.78, 5) is 29.5. The van der Waals surface area contributed by atoms with Crippen molar-refractivity contribution in [3.63, 3.8) is 0 Å². The van der Waals surface area contributed by atoms with Gasteiger partial charge in [-0.15, -0.1) is 11.3 Å². The molecular formula is C23H21N5O3S. The molecule has 0 fully saturated rings. The van der Waals surface area contributed by atoms with E-state index in [1.54, 1.807) is 42.3 Å². The number of fused-ring (bicyclic) bond motifs is 1. The lowest BCUT2D eigenvalue weighted by molar-refractivity contribution is 0.0607. The number of rotatable bonds is 6. The molecule has 0 amide bonds. The van der Waals surface area contributed by atoms with E-state index in [0.717, 1.165) is 32.3 Å². The Balaban J connectivity index is 1.65. The van der Waals surface area contributed by atoms with E-state index < -0.39 is 5.97 Å². The van der Waals surface area contributed by atoms with Crippen LogP contribution in [0.25, 0.3) is 32.3 Å². The average molecular weight is 448 g/mol. The van der Waals surface area contributed by atoms with E-state index in [1.807, 2.05) is 36.4 Å². The molecule has 32 heavy (non-hydrogen) atoms. The Bertz CT molecular complexity index is 1350. The molecule has 4 rings (SSSR count). The highest BCUT2D eigenvalue weighted by atomic mass is 32.1. The minimum atomic E-state index is -0.455. The zero-order valence-corrected chi connectivity index (χ0v) is 18.6. The number of thiophene rings is 1. The summed E-state index contributed by atoms with van der Waals surface area (Å²) in [5.41, 5.74) is 10.9. The first-order valence-electron chi connectivity index (χ1n) is 9.71. The number of likely N-dealkylation sites (N-methyl/N-ethyl adjacent to an activating group) is 1. The molecule has 0 saturated carbocycles. The Labute approximate surface area is 188 Å². The first-order valence-corrected chi connectivity index (χ1v) is 10.5. The smallest absolute Gasteiger partial charge is 0.350 e. The fourth-order valence-corrected chi connectivity index (χ4v) is 4.43. The minimum absolute atomic E-state index is 0.349. The molecular weight excluding hydrogens is 426 g/mol. The van der Waals surface area contributed by atoms with Crippen molar-refractivity contribution in [3.8, 4) is 22.3 Å². The van der Waals surface area contributed by atoms with Crippen LogP contribution in [0.15, 0.2) is 54.7 Å². The van der Waals surface area contributed by atoms with Crippen molar-refractivity contribution in [2.75, 3.05) is 26.9 Å². The lowest BCUT2D eigenvalue weighted by Crippen LogP contribution is -2.17. The van der Waals surface area contributed by atoms with Crippen LogP contribution < -0.4 is 5.73 Å². The Morgan fingerprint density at radius 2 is 1.88 bits per heavy atom. The first kappa shape index (κ1) is 21.3. The molecule has 9 heteroatoms. The van der Waals surface area contributed by atoms with Crippen LogP contribution in [0.4, 0.5) is 5.69 Å². The van der Waals surface area contributed by atoms with Gasteiger partial charge < -0.3 is 15.4 Å². The number of nitrogens with zero attached hydrogens (tertiary/aromatic N) is 4. The molecule has 0 aliphatic heterocycles. The normalized spacial score (nSPS) is 10.7. The summed E-state index contributed by atoms with van der Waals surface area (Å²) in [6.45, 7) is 0.349. The molecule has 8 nitrogen and oxygen atoms in total. The number of anilines is 1. The third kappa shape index (κ3) is 3.87. The van der Waals surface area contributed by atoms with Gasteiger partial charge in [-0.05, 0) is 11.1 Å². The average Bonchev–Trinajstić information content (AvgIpc) is 3.41. The lowest BCUT2D eigenvalue weighted by Gasteiger charge is -2.12. The largest absolute Gasteiger partial charge is 0.465 e. The standard InChI is InChI=1S/C23H21N5O3S/c1-27(2)17(13-29)12-28-11-16(8-26-28)14-4-6-15(7-5-14)18-9-25-10-19-20(18)21(24)22(32-19)23(30)31-3/h4-11H,12,24H2,1-3H3. The van der Waals surface area contributed by atoms with Gasteiger partial charge in [0.1, 0.15) is 16.5 Å². The Kier molecular flexibility index (Phi) is 5.77. The van der Waals surface area contributed by atoms with Gasteiger partial charge in [0.05, 0.1) is 30.2 Å². The van der Waals surface area contributed by atoms with Crippen LogP contribution in [-0.2, 0) is 16.1 Å². The number of pyridine rings is 1. The number of ether oxygens (including phenoxy) is 1. The summed E-state index contributed by atoms with van der Waals surface area (Å²) in [5.74, 6) is 1.49. The van der Waals surface area contributed by atoms with Crippen molar-refractivity contribution in [2.24, 2.45) is 0 Å². The van der Waals surface area contributed by atoms with Crippen LogP contribution in [0.2, 0.25) is 0 Å². The van der Waals surface area contributed by atoms with Gasteiger partial charge in [-0.1, -0.05) is 24.3 Å². The predicted molar refractivity (Wildman–Crippen MR) is 125 cm³/mol. The maximum Gasteiger partial charge on any atom is 0.350 e. The van der Waals surface area contributed by atoms with E-state index in [-0.39, 0.29) is 0 Å². The highest BCUT2D eigenvalue weighted by Gasteiger charge is 2.20. The molecule has 3 aromatic heterocycles. The molecule has 0 radical (unpaired) electrons. The first-order chi connectivity index (χ1) is 15.4. The highest BCUT2D eigenvalue weighted by molar-refractivity contribution is 7.21. The number of nitrogen functional groups attached to an aromatic ring is 1. The summed E-state index contributed by atoms with van der Waals surface area (Å²) in [6.07, 6.45) is 7.09. The van der Waals surface area contributed by atoms with Gasteiger partial charge in [-0.25, -0.2) is 9.59 Å². The molecule has 2 N–H and O–H groups in total. The van der Waals surface area contributed by atoms with Gasteiger partial charge in [-0.2, -0.15) is 5.10 Å². The second-order valence-electron chi connectivity index (χ2n) is 7.34. The maximum absolute atomic E-state index is 12.0. The van der Waals surface area contributed by atoms with Gasteiger partial charge >= 0.3 is 5.97 Å². The van der Waals surface area contributed by atoms with Gasteiger partial charge in [-0.3, -0.25) is 9.67 Å². The maximum atomic E-state index is 12.0. The number of carbonyl (C=O) groups is 1. The zero-order chi connectivity index (χ0) is 22.8. The van der Waals surface area contributed by atoms with Crippen LogP contribution in [0.5, 0.6) is 0 Å². The van der Waals surface area contributed by atoms with Crippen molar-refractivity contribution >= 4 is 39.0 Å². The highest BCUT2D eigenvalue weighted by Crippen LogP contribution is 2.40. The molecule has 1 aromatic carbocycles. The summed E-state index contributed by atoms with van der Waals surface area (Å²) < 4.78 is 7.37. The fourth-order valence-electron chi connectivity index (χ4n) is 3.40. The van der Waals surface area contributed by atoms with Crippen molar-refractivity contribution in [1.82, 2.24) is 19.7 Å². The molecule has 162 valence electrons. The quantitative estimate of drug-likeness (QED) is 0.356. The number of nitrogens with two attached hydrogens (primary N) is 1. The third-order valence-corrected chi connectivity index (χ3v) is 6.26. The summed E-state index contributed by atoms with van der Waals surface area (Å²) >= 11 is 1.27. The second-order valence-corrected chi connectivity index (χ2v) is 8.40. The van der Waals surface area contributed by atoms with Gasteiger partial charge in [0.15, 0.2) is 0 Å².